The summed E-state index contributed by atoms with van der Waals surface area (Å²) in [5.41, 5.74) is 1.00. The number of amides is 2. The summed E-state index contributed by atoms with van der Waals surface area (Å²) in [7, 11) is 0. The molecule has 2 amide bonds. The molecule has 1 saturated heterocycles. The van der Waals surface area contributed by atoms with Crippen LogP contribution in [0.5, 0.6) is 0 Å². The van der Waals surface area contributed by atoms with Gasteiger partial charge in [0.15, 0.2) is 0 Å². The van der Waals surface area contributed by atoms with Gasteiger partial charge in [-0.25, -0.2) is 4.79 Å². The summed E-state index contributed by atoms with van der Waals surface area (Å²) in [6.07, 6.45) is -4.56. The molecule has 0 saturated carbocycles. The number of urea groups is 1. The minimum absolute atomic E-state index is 0.169. The zero-order valence-electron chi connectivity index (χ0n) is 12.8. The topological polar surface area (TPSA) is 61.4 Å². The first-order valence-electron chi connectivity index (χ1n) is 7.30. The molecule has 1 aromatic heterocycles. The molecule has 134 valence electrons. The number of carbonyl (C=O) groups excluding carboxylic acids is 1. The summed E-state index contributed by atoms with van der Waals surface area (Å²) >= 11 is 6.16. The van der Waals surface area contributed by atoms with E-state index in [1.807, 2.05) is 12.1 Å². The third kappa shape index (κ3) is 4.31. The van der Waals surface area contributed by atoms with Gasteiger partial charge in [0.25, 0.3) is 0 Å². The van der Waals surface area contributed by atoms with Gasteiger partial charge in [0.1, 0.15) is 0 Å². The second kappa shape index (κ2) is 7.04. The van der Waals surface area contributed by atoms with E-state index in [0.717, 1.165) is 5.69 Å². The number of nitrogens with one attached hydrogen (secondary N) is 1. The molecule has 0 bridgehead atoms. The molecule has 0 radical (unpaired) electrons. The lowest BCUT2D eigenvalue weighted by molar-refractivity contribution is -0.138. The van der Waals surface area contributed by atoms with Crippen molar-refractivity contribution in [1.82, 2.24) is 15.1 Å². The van der Waals surface area contributed by atoms with Crippen LogP contribution in [0.4, 0.5) is 28.8 Å². The molecule has 1 fully saturated rings. The Morgan fingerprint density at radius 1 is 1.12 bits per heavy atom. The largest absolute Gasteiger partial charge is 0.445 e. The van der Waals surface area contributed by atoms with Crippen LogP contribution in [0.3, 0.4) is 0 Å². The molecule has 11 heteroatoms. The SMILES string of the molecule is O=C(Nc1nnc(C(F)(F)F)s1)N1CCN(c2ccc(Cl)cc2)CC1. The van der Waals surface area contributed by atoms with Crippen LogP contribution in [-0.4, -0.2) is 47.3 Å². The quantitative estimate of drug-likeness (QED) is 0.850. The lowest BCUT2D eigenvalue weighted by Crippen LogP contribution is -2.50. The Morgan fingerprint density at radius 2 is 1.76 bits per heavy atom. The van der Waals surface area contributed by atoms with Crippen molar-refractivity contribution in [1.29, 1.82) is 0 Å². The first kappa shape index (κ1) is 17.7. The van der Waals surface area contributed by atoms with Crippen LogP contribution in [0.15, 0.2) is 24.3 Å². The van der Waals surface area contributed by atoms with Crippen LogP contribution in [0.1, 0.15) is 5.01 Å². The van der Waals surface area contributed by atoms with Gasteiger partial charge in [-0.1, -0.05) is 22.9 Å². The van der Waals surface area contributed by atoms with E-state index in [1.165, 1.54) is 4.90 Å². The standard InChI is InChI=1S/C14H13ClF3N5OS/c15-9-1-3-10(4-2-9)22-5-7-23(8-6-22)13(24)19-12-21-20-11(25-12)14(16,17)18/h1-4H,5-8H2,(H,19,21,24). The zero-order chi connectivity index (χ0) is 18.0. The number of carbonyl (C=O) groups is 1. The van der Waals surface area contributed by atoms with Gasteiger partial charge in [0.2, 0.25) is 10.1 Å². The van der Waals surface area contributed by atoms with Crippen molar-refractivity contribution in [2.75, 3.05) is 36.4 Å². The minimum atomic E-state index is -4.56. The number of hydrogen-bond acceptors (Lipinski definition) is 5. The molecular weight excluding hydrogens is 379 g/mol. The molecule has 1 aliphatic rings. The second-order valence-corrected chi connectivity index (χ2v) is 6.70. The molecule has 0 spiro atoms. The number of piperazine rings is 1. The van der Waals surface area contributed by atoms with Gasteiger partial charge in [0.05, 0.1) is 0 Å². The molecule has 0 aliphatic carbocycles. The fraction of sp³-hybridized carbons (Fsp3) is 0.357. The van der Waals surface area contributed by atoms with E-state index in [4.69, 9.17) is 11.6 Å². The smallest absolute Gasteiger partial charge is 0.368 e. The molecule has 0 atom stereocenters. The number of nitrogens with zero attached hydrogens (tertiary/aromatic N) is 4. The monoisotopic (exact) mass is 391 g/mol. The van der Waals surface area contributed by atoms with Crippen LogP contribution in [-0.2, 0) is 6.18 Å². The van der Waals surface area contributed by atoms with E-state index in [-0.39, 0.29) is 5.13 Å². The maximum absolute atomic E-state index is 12.5. The molecule has 1 aromatic carbocycles. The third-order valence-corrected chi connectivity index (χ3v) is 4.78. The fourth-order valence-corrected chi connectivity index (χ4v) is 3.10. The molecule has 1 aliphatic heterocycles. The van der Waals surface area contributed by atoms with Crippen molar-refractivity contribution in [2.45, 2.75) is 6.18 Å². The predicted octanol–water partition coefficient (Wildman–Crippen LogP) is 3.56. The molecule has 0 unspecified atom stereocenters. The van der Waals surface area contributed by atoms with Gasteiger partial charge in [-0.15, -0.1) is 10.2 Å². The van der Waals surface area contributed by atoms with E-state index >= 15 is 0 Å². The number of halogens is 4. The van der Waals surface area contributed by atoms with Crippen molar-refractivity contribution in [2.24, 2.45) is 0 Å². The summed E-state index contributed by atoms with van der Waals surface area (Å²) in [5, 5.41) is 8.15. The number of benzene rings is 1. The second-order valence-electron chi connectivity index (χ2n) is 5.29. The van der Waals surface area contributed by atoms with Crippen LogP contribution in [0.2, 0.25) is 5.02 Å². The highest BCUT2D eigenvalue weighted by atomic mass is 35.5. The lowest BCUT2D eigenvalue weighted by atomic mass is 10.2. The number of aromatic nitrogens is 2. The molecular formula is C14H13ClF3N5OS. The Labute approximate surface area is 150 Å². The summed E-state index contributed by atoms with van der Waals surface area (Å²) in [4.78, 5) is 15.8. The third-order valence-electron chi connectivity index (χ3n) is 3.64. The van der Waals surface area contributed by atoms with Gasteiger partial charge in [-0.05, 0) is 24.3 Å². The molecule has 6 nitrogen and oxygen atoms in total. The van der Waals surface area contributed by atoms with Gasteiger partial charge >= 0.3 is 12.2 Å². The Balaban J connectivity index is 1.55. The Morgan fingerprint density at radius 3 is 2.32 bits per heavy atom. The first-order valence-corrected chi connectivity index (χ1v) is 8.49. The first-order chi connectivity index (χ1) is 11.8. The fourth-order valence-electron chi connectivity index (χ4n) is 2.38. The molecule has 2 heterocycles. The highest BCUT2D eigenvalue weighted by molar-refractivity contribution is 7.15. The molecule has 3 rings (SSSR count). The van der Waals surface area contributed by atoms with E-state index in [2.05, 4.69) is 20.4 Å². The summed E-state index contributed by atoms with van der Waals surface area (Å²) in [6, 6.07) is 6.91. The maximum atomic E-state index is 12.5. The molecule has 1 N–H and O–H groups in total. The Hall–Kier alpha value is -2.07. The minimum Gasteiger partial charge on any atom is -0.368 e. The normalized spacial score (nSPS) is 15.4. The van der Waals surface area contributed by atoms with Crippen molar-refractivity contribution in [3.05, 3.63) is 34.3 Å². The average molecular weight is 392 g/mol. The van der Waals surface area contributed by atoms with E-state index < -0.39 is 17.2 Å². The number of rotatable bonds is 2. The Bertz CT molecular complexity index is 744. The number of hydrogen-bond donors (Lipinski definition) is 1. The zero-order valence-corrected chi connectivity index (χ0v) is 14.3. The highest BCUT2D eigenvalue weighted by Crippen LogP contribution is 2.33. The van der Waals surface area contributed by atoms with Crippen LogP contribution in [0.25, 0.3) is 0 Å². The lowest BCUT2D eigenvalue weighted by Gasteiger charge is -2.35. The Kier molecular flexibility index (Phi) is 5.00. The summed E-state index contributed by atoms with van der Waals surface area (Å²) in [6.45, 7) is 2.11. The van der Waals surface area contributed by atoms with Gasteiger partial charge in [-0.3, -0.25) is 5.32 Å². The van der Waals surface area contributed by atoms with Crippen LogP contribution in [0, 0.1) is 0 Å². The highest BCUT2D eigenvalue weighted by Gasteiger charge is 2.36. The van der Waals surface area contributed by atoms with E-state index in [9.17, 15) is 18.0 Å². The molecule has 2 aromatic rings. The average Bonchev–Trinajstić information content (AvgIpc) is 3.04. The molecule has 25 heavy (non-hydrogen) atoms. The van der Waals surface area contributed by atoms with Gasteiger partial charge in [-0.2, -0.15) is 13.2 Å². The number of alkyl halides is 3. The predicted molar refractivity (Wildman–Crippen MR) is 89.2 cm³/mol. The van der Waals surface area contributed by atoms with Gasteiger partial charge < -0.3 is 9.80 Å². The van der Waals surface area contributed by atoms with Crippen molar-refractivity contribution < 1.29 is 18.0 Å². The van der Waals surface area contributed by atoms with Gasteiger partial charge in [0, 0.05) is 36.9 Å². The van der Waals surface area contributed by atoms with Crippen molar-refractivity contribution >= 4 is 39.8 Å². The summed E-state index contributed by atoms with van der Waals surface area (Å²) in [5.74, 6) is 0. The maximum Gasteiger partial charge on any atom is 0.445 e. The van der Waals surface area contributed by atoms with Crippen molar-refractivity contribution in [3.63, 3.8) is 0 Å². The van der Waals surface area contributed by atoms with E-state index in [0.29, 0.717) is 42.5 Å². The van der Waals surface area contributed by atoms with Crippen molar-refractivity contribution in [3.8, 4) is 0 Å². The van der Waals surface area contributed by atoms with E-state index in [1.54, 1.807) is 12.1 Å². The van der Waals surface area contributed by atoms with Crippen LogP contribution < -0.4 is 10.2 Å². The number of anilines is 2. The summed E-state index contributed by atoms with van der Waals surface area (Å²) < 4.78 is 37.5. The van der Waals surface area contributed by atoms with Crippen LogP contribution >= 0.6 is 22.9 Å².